The van der Waals surface area contributed by atoms with E-state index in [1.54, 1.807) is 12.1 Å². The van der Waals surface area contributed by atoms with Gasteiger partial charge in [0.15, 0.2) is 0 Å². The average Bonchev–Trinajstić information content (AvgIpc) is 2.59. The average molecular weight is 215 g/mol. The number of H-pyrrole nitrogens is 1. The maximum atomic E-state index is 12.6. The van der Waals surface area contributed by atoms with Gasteiger partial charge in [0.05, 0.1) is 5.52 Å². The standard InChI is InChI=1S/C9H8F3N3/c10-9(11,12)8-7-5(4-13)2-1-3-6(7)14-15-8/h1-3H,4,13H2,(H,14,15). The molecule has 2 rings (SSSR count). The monoisotopic (exact) mass is 215 g/mol. The number of aromatic nitrogens is 2. The molecule has 15 heavy (non-hydrogen) atoms. The number of nitrogens with two attached hydrogens (primary N) is 1. The van der Waals surface area contributed by atoms with E-state index in [2.05, 4.69) is 5.10 Å². The summed E-state index contributed by atoms with van der Waals surface area (Å²) in [7, 11) is 0. The van der Waals surface area contributed by atoms with Crippen molar-refractivity contribution in [3.8, 4) is 0 Å². The summed E-state index contributed by atoms with van der Waals surface area (Å²) >= 11 is 0. The highest BCUT2D eigenvalue weighted by Crippen LogP contribution is 2.34. The Labute approximate surface area is 83.1 Å². The van der Waals surface area contributed by atoms with Gasteiger partial charge in [-0.25, -0.2) is 0 Å². The Balaban J connectivity index is 2.77. The minimum atomic E-state index is -4.43. The molecule has 1 aromatic carbocycles. The quantitative estimate of drug-likeness (QED) is 0.764. The molecule has 0 saturated carbocycles. The van der Waals surface area contributed by atoms with E-state index in [0.29, 0.717) is 5.56 Å². The lowest BCUT2D eigenvalue weighted by molar-refractivity contribution is -0.139. The number of aromatic amines is 1. The highest BCUT2D eigenvalue weighted by Gasteiger charge is 2.35. The molecule has 0 spiro atoms. The second kappa shape index (κ2) is 3.23. The van der Waals surface area contributed by atoms with Gasteiger partial charge in [0.25, 0.3) is 0 Å². The van der Waals surface area contributed by atoms with Crippen LogP contribution in [0.5, 0.6) is 0 Å². The Bertz CT molecular complexity index is 487. The molecule has 80 valence electrons. The largest absolute Gasteiger partial charge is 0.433 e. The van der Waals surface area contributed by atoms with Crippen molar-refractivity contribution in [1.29, 1.82) is 0 Å². The minimum Gasteiger partial charge on any atom is -0.326 e. The zero-order chi connectivity index (χ0) is 11.1. The fraction of sp³-hybridized carbons (Fsp3) is 0.222. The van der Waals surface area contributed by atoms with Crippen LogP contribution in [0.4, 0.5) is 13.2 Å². The van der Waals surface area contributed by atoms with Gasteiger partial charge >= 0.3 is 6.18 Å². The van der Waals surface area contributed by atoms with Crippen LogP contribution in [0.1, 0.15) is 11.3 Å². The normalized spacial score (nSPS) is 12.3. The molecule has 0 aliphatic heterocycles. The molecule has 0 atom stereocenters. The molecule has 1 aromatic heterocycles. The first-order valence-corrected chi connectivity index (χ1v) is 4.27. The van der Waals surface area contributed by atoms with E-state index < -0.39 is 11.9 Å². The predicted molar refractivity (Wildman–Crippen MR) is 49.0 cm³/mol. The third-order valence-corrected chi connectivity index (χ3v) is 2.17. The van der Waals surface area contributed by atoms with E-state index >= 15 is 0 Å². The van der Waals surface area contributed by atoms with Gasteiger partial charge < -0.3 is 5.73 Å². The summed E-state index contributed by atoms with van der Waals surface area (Å²) in [5, 5.41) is 5.65. The molecular formula is C9H8F3N3. The van der Waals surface area contributed by atoms with E-state index in [4.69, 9.17) is 5.73 Å². The molecule has 3 N–H and O–H groups in total. The summed E-state index contributed by atoms with van der Waals surface area (Å²) in [6.45, 7) is 0.0555. The van der Waals surface area contributed by atoms with Crippen LogP contribution in [0, 0.1) is 0 Å². The lowest BCUT2D eigenvalue weighted by atomic mass is 10.1. The third kappa shape index (κ3) is 1.56. The maximum Gasteiger partial charge on any atom is 0.433 e. The smallest absolute Gasteiger partial charge is 0.326 e. The number of hydrogen-bond donors (Lipinski definition) is 2. The van der Waals surface area contributed by atoms with Crippen LogP contribution in [0.3, 0.4) is 0 Å². The van der Waals surface area contributed by atoms with Gasteiger partial charge in [-0.2, -0.15) is 18.3 Å². The van der Waals surface area contributed by atoms with Gasteiger partial charge in [-0.1, -0.05) is 12.1 Å². The number of fused-ring (bicyclic) bond motifs is 1. The molecule has 0 radical (unpaired) electrons. The van der Waals surface area contributed by atoms with Crippen molar-refractivity contribution >= 4 is 10.9 Å². The van der Waals surface area contributed by atoms with Gasteiger partial charge in [0.1, 0.15) is 5.69 Å². The van der Waals surface area contributed by atoms with E-state index in [-0.39, 0.29) is 17.4 Å². The van der Waals surface area contributed by atoms with Crippen molar-refractivity contribution in [2.24, 2.45) is 5.73 Å². The van der Waals surface area contributed by atoms with Gasteiger partial charge in [-0.15, -0.1) is 0 Å². The fourth-order valence-corrected chi connectivity index (χ4v) is 1.52. The van der Waals surface area contributed by atoms with E-state index in [0.717, 1.165) is 0 Å². The van der Waals surface area contributed by atoms with E-state index in [1.165, 1.54) is 6.07 Å². The summed E-state index contributed by atoms with van der Waals surface area (Å²) in [5.74, 6) is 0. The Morgan fingerprint density at radius 2 is 2.07 bits per heavy atom. The number of alkyl halides is 3. The second-order valence-corrected chi connectivity index (χ2v) is 3.11. The predicted octanol–water partition coefficient (Wildman–Crippen LogP) is 2.04. The Hall–Kier alpha value is -1.56. The zero-order valence-corrected chi connectivity index (χ0v) is 7.60. The molecule has 0 aliphatic rings. The molecule has 0 amide bonds. The van der Waals surface area contributed by atoms with Crippen molar-refractivity contribution in [1.82, 2.24) is 10.2 Å². The third-order valence-electron chi connectivity index (χ3n) is 2.17. The van der Waals surface area contributed by atoms with Crippen LogP contribution in [0.15, 0.2) is 18.2 Å². The molecule has 0 aliphatic carbocycles. The summed E-state index contributed by atoms with van der Waals surface area (Å²) in [5.41, 5.74) is 5.26. The topological polar surface area (TPSA) is 54.7 Å². The first-order valence-electron chi connectivity index (χ1n) is 4.27. The van der Waals surface area contributed by atoms with Crippen LogP contribution < -0.4 is 5.73 Å². The molecule has 2 aromatic rings. The van der Waals surface area contributed by atoms with Gasteiger partial charge in [0.2, 0.25) is 0 Å². The highest BCUT2D eigenvalue weighted by molar-refractivity contribution is 5.85. The lowest BCUT2D eigenvalue weighted by Gasteiger charge is -2.05. The number of halogens is 3. The van der Waals surface area contributed by atoms with E-state index in [9.17, 15) is 13.2 Å². The first-order chi connectivity index (χ1) is 7.04. The van der Waals surface area contributed by atoms with Gasteiger partial charge in [-0.05, 0) is 11.6 Å². The van der Waals surface area contributed by atoms with Crippen molar-refractivity contribution in [2.75, 3.05) is 0 Å². The first kappa shape index (κ1) is 9.97. The summed E-state index contributed by atoms with van der Waals surface area (Å²) in [6.07, 6.45) is -4.43. The minimum absolute atomic E-state index is 0.0555. The maximum absolute atomic E-state index is 12.6. The number of hydrogen-bond acceptors (Lipinski definition) is 2. The molecule has 1 heterocycles. The van der Waals surface area contributed by atoms with Crippen LogP contribution in [-0.4, -0.2) is 10.2 Å². The second-order valence-electron chi connectivity index (χ2n) is 3.11. The van der Waals surface area contributed by atoms with Crippen LogP contribution in [0.25, 0.3) is 10.9 Å². The number of benzene rings is 1. The summed E-state index contributed by atoms with van der Waals surface area (Å²) in [6, 6.07) is 4.71. The van der Waals surface area contributed by atoms with Crippen molar-refractivity contribution in [3.05, 3.63) is 29.5 Å². The number of nitrogens with zero attached hydrogens (tertiary/aromatic N) is 1. The van der Waals surface area contributed by atoms with Crippen LogP contribution in [-0.2, 0) is 12.7 Å². The lowest BCUT2D eigenvalue weighted by Crippen LogP contribution is -2.07. The fourth-order valence-electron chi connectivity index (χ4n) is 1.52. The van der Waals surface area contributed by atoms with Crippen molar-refractivity contribution in [2.45, 2.75) is 12.7 Å². The zero-order valence-electron chi connectivity index (χ0n) is 7.60. The van der Waals surface area contributed by atoms with Crippen molar-refractivity contribution < 1.29 is 13.2 Å². The Kier molecular flexibility index (Phi) is 2.15. The van der Waals surface area contributed by atoms with E-state index in [1.807, 2.05) is 5.10 Å². The SMILES string of the molecule is NCc1cccc2n[nH]c(C(F)(F)F)c12. The van der Waals surface area contributed by atoms with Gasteiger partial charge in [-0.3, -0.25) is 5.10 Å². The molecule has 6 heteroatoms. The van der Waals surface area contributed by atoms with Crippen LogP contribution in [0.2, 0.25) is 0 Å². The Morgan fingerprint density at radius 1 is 1.33 bits per heavy atom. The Morgan fingerprint density at radius 3 is 2.67 bits per heavy atom. The van der Waals surface area contributed by atoms with Crippen molar-refractivity contribution in [3.63, 3.8) is 0 Å². The number of nitrogens with one attached hydrogen (secondary N) is 1. The molecular weight excluding hydrogens is 207 g/mol. The molecule has 0 unspecified atom stereocenters. The molecule has 0 fully saturated rings. The molecule has 0 bridgehead atoms. The molecule has 0 saturated heterocycles. The number of rotatable bonds is 1. The van der Waals surface area contributed by atoms with Gasteiger partial charge in [0, 0.05) is 11.9 Å². The summed E-state index contributed by atoms with van der Waals surface area (Å²) < 4.78 is 37.7. The van der Waals surface area contributed by atoms with Crippen LogP contribution >= 0.6 is 0 Å². The highest BCUT2D eigenvalue weighted by atomic mass is 19.4. The molecule has 3 nitrogen and oxygen atoms in total. The summed E-state index contributed by atoms with van der Waals surface area (Å²) in [4.78, 5) is 0.